The van der Waals surface area contributed by atoms with Crippen molar-refractivity contribution in [1.29, 1.82) is 0 Å². The van der Waals surface area contributed by atoms with Gasteiger partial charge in [-0.2, -0.15) is 0 Å². The summed E-state index contributed by atoms with van der Waals surface area (Å²) in [7, 11) is 0. The number of rotatable bonds is 7. The van der Waals surface area contributed by atoms with Crippen LogP contribution in [-0.2, 0) is 16.0 Å². The van der Waals surface area contributed by atoms with Crippen molar-refractivity contribution in [3.8, 4) is 0 Å². The number of thiocarbonyl (C=S) groups is 1. The lowest BCUT2D eigenvalue weighted by atomic mass is 10.1. The van der Waals surface area contributed by atoms with E-state index in [1.54, 1.807) is 23.2 Å². The van der Waals surface area contributed by atoms with Crippen molar-refractivity contribution in [2.45, 2.75) is 31.4 Å². The van der Waals surface area contributed by atoms with Gasteiger partial charge in [0.2, 0.25) is 11.8 Å². The van der Waals surface area contributed by atoms with E-state index in [2.05, 4.69) is 10.3 Å². The Morgan fingerprint density at radius 1 is 1.37 bits per heavy atom. The smallest absolute Gasteiger partial charge is 0.241 e. The van der Waals surface area contributed by atoms with E-state index in [-0.39, 0.29) is 29.3 Å². The zero-order chi connectivity index (χ0) is 19.4. The third-order valence-electron chi connectivity index (χ3n) is 3.99. The van der Waals surface area contributed by atoms with Gasteiger partial charge in [-0.1, -0.05) is 36.1 Å². The minimum atomic E-state index is -0.263. The van der Waals surface area contributed by atoms with Crippen LogP contribution in [0.3, 0.4) is 0 Å². The number of thiazole rings is 1. The molecule has 1 aromatic carbocycles. The molecule has 0 aliphatic carbocycles. The Bertz CT molecular complexity index is 854. The number of aromatic nitrogens is 1. The topological polar surface area (TPSA) is 62.3 Å². The largest absolute Gasteiger partial charge is 0.302 e. The van der Waals surface area contributed by atoms with Gasteiger partial charge in [0, 0.05) is 30.5 Å². The van der Waals surface area contributed by atoms with Gasteiger partial charge in [-0.05, 0) is 31.0 Å². The number of anilines is 1. The summed E-state index contributed by atoms with van der Waals surface area (Å²) < 4.78 is 13.5. The van der Waals surface area contributed by atoms with E-state index in [1.165, 1.54) is 35.2 Å². The van der Waals surface area contributed by atoms with Crippen LogP contribution < -0.4 is 5.32 Å². The number of carbonyl (C=O) groups excluding carboxylic acids is 2. The maximum Gasteiger partial charge on any atom is 0.241 e. The fourth-order valence-electron chi connectivity index (χ4n) is 2.61. The number of halogens is 1. The minimum absolute atomic E-state index is 0.00997. The van der Waals surface area contributed by atoms with Gasteiger partial charge in [-0.25, -0.2) is 9.37 Å². The molecule has 27 heavy (non-hydrogen) atoms. The van der Waals surface area contributed by atoms with Crippen LogP contribution in [0, 0.1) is 5.82 Å². The van der Waals surface area contributed by atoms with Crippen LogP contribution in [0.15, 0.2) is 30.5 Å². The molecule has 1 aromatic heterocycles. The van der Waals surface area contributed by atoms with Crippen LogP contribution in [0.4, 0.5) is 9.52 Å². The van der Waals surface area contributed by atoms with Crippen molar-refractivity contribution in [3.63, 3.8) is 0 Å². The van der Waals surface area contributed by atoms with Crippen LogP contribution >= 0.6 is 35.3 Å². The average molecular weight is 424 g/mol. The molecule has 1 atom stereocenters. The van der Waals surface area contributed by atoms with Gasteiger partial charge < -0.3 is 5.32 Å². The molecule has 1 aliphatic rings. The van der Waals surface area contributed by atoms with Crippen LogP contribution in [0.1, 0.15) is 30.2 Å². The summed E-state index contributed by atoms with van der Waals surface area (Å²) in [5.41, 5.74) is 0.983. The summed E-state index contributed by atoms with van der Waals surface area (Å²) in [6.07, 6.45) is 3.18. The second-order valence-corrected chi connectivity index (χ2v) is 9.19. The summed E-state index contributed by atoms with van der Waals surface area (Å²) in [5, 5.41) is 3.18. The van der Waals surface area contributed by atoms with Gasteiger partial charge in [0.05, 0.1) is 5.25 Å². The van der Waals surface area contributed by atoms with Crippen molar-refractivity contribution < 1.29 is 14.0 Å². The quantitative estimate of drug-likeness (QED) is 0.686. The molecule has 0 saturated carbocycles. The van der Waals surface area contributed by atoms with E-state index >= 15 is 0 Å². The van der Waals surface area contributed by atoms with E-state index in [0.29, 0.717) is 28.8 Å². The number of hydrogen-bond donors (Lipinski definition) is 1. The Morgan fingerprint density at radius 3 is 2.78 bits per heavy atom. The third kappa shape index (κ3) is 5.33. The van der Waals surface area contributed by atoms with Crippen LogP contribution in [0.2, 0.25) is 0 Å². The summed E-state index contributed by atoms with van der Waals surface area (Å²) in [6.45, 7) is 2.29. The summed E-state index contributed by atoms with van der Waals surface area (Å²) in [6, 6.07) is 6.32. The highest BCUT2D eigenvalue weighted by atomic mass is 32.2. The van der Waals surface area contributed by atoms with Crippen molar-refractivity contribution in [2.24, 2.45) is 0 Å². The standard InChI is InChI=1S/C18H18FN3O2S3/c1-11-16(24)22(18(25)26-11)8-2-3-15(23)21-17-20-10-14(27-17)9-12-4-6-13(19)7-5-12/h4-7,10-11H,2-3,8-9H2,1H3,(H,20,21,23). The molecular formula is C18H18FN3O2S3. The van der Waals surface area contributed by atoms with E-state index < -0.39 is 0 Å². The molecule has 2 aromatic rings. The highest BCUT2D eigenvalue weighted by molar-refractivity contribution is 8.24. The molecule has 3 rings (SSSR count). The highest BCUT2D eigenvalue weighted by Gasteiger charge is 2.33. The zero-order valence-corrected chi connectivity index (χ0v) is 17.1. The predicted molar refractivity (Wildman–Crippen MR) is 111 cm³/mol. The van der Waals surface area contributed by atoms with Gasteiger partial charge in [0.25, 0.3) is 0 Å². The van der Waals surface area contributed by atoms with E-state index in [4.69, 9.17) is 12.2 Å². The first-order chi connectivity index (χ1) is 12.9. The maximum absolute atomic E-state index is 12.9. The molecule has 2 heterocycles. The fraction of sp³-hybridized carbons (Fsp3) is 0.333. The van der Waals surface area contributed by atoms with E-state index in [1.807, 2.05) is 6.92 Å². The van der Waals surface area contributed by atoms with Crippen LogP contribution in [-0.4, -0.2) is 37.8 Å². The Labute approximate surface area is 170 Å². The predicted octanol–water partition coefficient (Wildman–Crippen LogP) is 3.84. The molecule has 142 valence electrons. The third-order valence-corrected chi connectivity index (χ3v) is 6.39. The Kier molecular flexibility index (Phi) is 6.56. The molecular weight excluding hydrogens is 405 g/mol. The van der Waals surface area contributed by atoms with Gasteiger partial charge in [0.15, 0.2) is 5.13 Å². The lowest BCUT2D eigenvalue weighted by Crippen LogP contribution is -2.32. The second-order valence-electron chi connectivity index (χ2n) is 6.10. The van der Waals surface area contributed by atoms with Crippen molar-refractivity contribution in [3.05, 3.63) is 46.7 Å². The first-order valence-corrected chi connectivity index (χ1v) is 10.5. The second kappa shape index (κ2) is 8.90. The van der Waals surface area contributed by atoms with Gasteiger partial charge >= 0.3 is 0 Å². The molecule has 0 radical (unpaired) electrons. The fourth-order valence-corrected chi connectivity index (χ4v) is 4.92. The molecule has 1 fully saturated rings. The number of hydrogen-bond acceptors (Lipinski definition) is 6. The number of carbonyl (C=O) groups is 2. The van der Waals surface area contributed by atoms with Gasteiger partial charge in [0.1, 0.15) is 10.1 Å². The van der Waals surface area contributed by atoms with Gasteiger partial charge in [-0.15, -0.1) is 11.3 Å². The van der Waals surface area contributed by atoms with Crippen molar-refractivity contribution >= 4 is 56.6 Å². The number of nitrogens with zero attached hydrogens (tertiary/aromatic N) is 2. The molecule has 1 N–H and O–H groups in total. The van der Waals surface area contributed by atoms with E-state index in [9.17, 15) is 14.0 Å². The molecule has 1 unspecified atom stereocenters. The Hall–Kier alpha value is -1.84. The molecule has 0 bridgehead atoms. The monoisotopic (exact) mass is 423 g/mol. The summed E-state index contributed by atoms with van der Waals surface area (Å²) >= 11 is 7.96. The average Bonchev–Trinajstić information content (AvgIpc) is 3.15. The summed E-state index contributed by atoms with van der Waals surface area (Å²) in [5.74, 6) is -0.396. The van der Waals surface area contributed by atoms with Gasteiger partial charge in [-0.3, -0.25) is 14.5 Å². The first-order valence-electron chi connectivity index (χ1n) is 8.43. The number of nitrogens with one attached hydrogen (secondary N) is 1. The Balaban J connectivity index is 1.44. The first kappa shape index (κ1) is 19.9. The van der Waals surface area contributed by atoms with Crippen molar-refractivity contribution in [2.75, 3.05) is 11.9 Å². The normalized spacial score (nSPS) is 16.8. The molecule has 1 aliphatic heterocycles. The lowest BCUT2D eigenvalue weighted by Gasteiger charge is -2.14. The maximum atomic E-state index is 12.9. The van der Waals surface area contributed by atoms with Crippen molar-refractivity contribution in [1.82, 2.24) is 9.88 Å². The number of benzene rings is 1. The summed E-state index contributed by atoms with van der Waals surface area (Å²) in [4.78, 5) is 30.8. The molecule has 5 nitrogen and oxygen atoms in total. The van der Waals surface area contributed by atoms with E-state index in [0.717, 1.165) is 10.4 Å². The molecule has 1 saturated heterocycles. The highest BCUT2D eigenvalue weighted by Crippen LogP contribution is 2.27. The zero-order valence-electron chi connectivity index (χ0n) is 14.6. The lowest BCUT2D eigenvalue weighted by molar-refractivity contribution is -0.126. The van der Waals surface area contributed by atoms with Crippen LogP contribution in [0.25, 0.3) is 0 Å². The minimum Gasteiger partial charge on any atom is -0.302 e. The molecule has 0 spiro atoms. The molecule has 9 heteroatoms. The molecule has 2 amide bonds. The number of amides is 2. The number of thioether (sulfide) groups is 1. The van der Waals surface area contributed by atoms with Crippen LogP contribution in [0.5, 0.6) is 0 Å². The SMILES string of the molecule is CC1SC(=S)N(CCCC(=O)Nc2ncc(Cc3ccc(F)cc3)s2)C1=O. The Morgan fingerprint density at radius 2 is 2.11 bits per heavy atom.